The van der Waals surface area contributed by atoms with Gasteiger partial charge in [0.15, 0.2) is 6.61 Å². The van der Waals surface area contributed by atoms with Gasteiger partial charge in [0.25, 0.3) is 0 Å². The molecule has 0 saturated heterocycles. The molecule has 57 heavy (non-hydrogen) atoms. The molecule has 0 aromatic rings. The van der Waals surface area contributed by atoms with Gasteiger partial charge < -0.3 is 29.7 Å². The molecule has 1 aliphatic carbocycles. The molecule has 0 radical (unpaired) electrons. The van der Waals surface area contributed by atoms with Crippen molar-refractivity contribution in [1.82, 2.24) is 4.90 Å². The number of aliphatic hydroxyl groups excluding tert-OH is 2. The first kappa shape index (κ1) is 53.4. The van der Waals surface area contributed by atoms with Crippen LogP contribution in [0.3, 0.4) is 0 Å². The number of hydrogen-bond acceptors (Lipinski definition) is 9. The lowest BCUT2D eigenvalue weighted by Gasteiger charge is -2.52. The van der Waals surface area contributed by atoms with E-state index >= 15 is 4.39 Å². The number of ketones is 1. The molecule has 10 heteroatoms. The maximum atomic E-state index is 15.3. The molecule has 1 rings (SSSR count). The van der Waals surface area contributed by atoms with Crippen LogP contribution in [0, 0.1) is 11.3 Å². The standard InChI is InChI=1S/C47H88FNO8/c1-7-10-12-14-15-17-21-29-40(28-20-16-13-11-8-2)57-44(54)31-23-25-33-49(34-26-27-35-50)32-24-19-18-22-30-43(53)56-38-42(52)46(6,55)45(5)36-39(4)47(48,9-3)41(51)37-45/h39-41,50-51,55H,7-38H2,1-6H3. The molecule has 1 aliphatic rings. The smallest absolute Gasteiger partial charge is 0.306 e. The predicted octanol–water partition coefficient (Wildman–Crippen LogP) is 10.4. The fourth-order valence-electron chi connectivity index (χ4n) is 8.69. The number of alkyl halides is 1. The van der Waals surface area contributed by atoms with E-state index in [1.54, 1.807) is 20.8 Å². The number of carbonyl (C=O) groups is 3. The second-order valence-electron chi connectivity index (χ2n) is 17.9. The Morgan fingerprint density at radius 3 is 1.75 bits per heavy atom. The molecular weight excluding hydrogens is 726 g/mol. The fraction of sp³-hybridized carbons (Fsp3) is 0.936. The van der Waals surface area contributed by atoms with Crippen molar-refractivity contribution >= 4 is 17.7 Å². The summed E-state index contributed by atoms with van der Waals surface area (Å²) >= 11 is 0. The van der Waals surface area contributed by atoms with Crippen molar-refractivity contribution in [3.05, 3.63) is 0 Å². The van der Waals surface area contributed by atoms with E-state index in [9.17, 15) is 29.7 Å². The van der Waals surface area contributed by atoms with Crippen LogP contribution in [0.15, 0.2) is 0 Å². The second-order valence-corrected chi connectivity index (χ2v) is 17.9. The Kier molecular flexibility index (Phi) is 28.5. The molecule has 0 aromatic heterocycles. The van der Waals surface area contributed by atoms with Gasteiger partial charge in [0.05, 0.1) is 6.10 Å². The van der Waals surface area contributed by atoms with Crippen molar-refractivity contribution in [3.8, 4) is 0 Å². The summed E-state index contributed by atoms with van der Waals surface area (Å²) < 4.78 is 26.6. The average molecular weight is 814 g/mol. The third-order valence-electron chi connectivity index (χ3n) is 13.0. The highest BCUT2D eigenvalue weighted by Crippen LogP contribution is 2.52. The molecule has 0 aromatic carbocycles. The van der Waals surface area contributed by atoms with Gasteiger partial charge in [0.1, 0.15) is 17.4 Å². The summed E-state index contributed by atoms with van der Waals surface area (Å²) in [6.07, 6.45) is 23.4. The minimum atomic E-state index is -1.88. The average Bonchev–Trinajstić information content (AvgIpc) is 3.17. The van der Waals surface area contributed by atoms with Crippen LogP contribution in [-0.2, 0) is 23.9 Å². The Morgan fingerprint density at radius 2 is 1.21 bits per heavy atom. The van der Waals surface area contributed by atoms with Gasteiger partial charge in [-0.1, -0.05) is 112 Å². The maximum absolute atomic E-state index is 15.3. The summed E-state index contributed by atoms with van der Waals surface area (Å²) in [4.78, 5) is 40.8. The third-order valence-corrected chi connectivity index (χ3v) is 13.0. The van der Waals surface area contributed by atoms with Crippen molar-refractivity contribution in [1.29, 1.82) is 0 Å². The second kappa shape index (κ2) is 30.4. The molecule has 6 unspecified atom stereocenters. The number of Topliss-reactive ketones (excluding diaryl/α,β-unsaturated/α-hetero) is 1. The summed E-state index contributed by atoms with van der Waals surface area (Å²) in [6, 6.07) is 0. The highest BCUT2D eigenvalue weighted by molar-refractivity contribution is 5.90. The van der Waals surface area contributed by atoms with Crippen LogP contribution in [-0.4, -0.2) is 94.3 Å². The molecule has 3 N–H and O–H groups in total. The molecule has 1 saturated carbocycles. The number of carbonyl (C=O) groups excluding carboxylic acids is 3. The van der Waals surface area contributed by atoms with E-state index in [2.05, 4.69) is 18.7 Å². The number of aliphatic hydroxyl groups is 3. The van der Waals surface area contributed by atoms with Crippen LogP contribution in [0.4, 0.5) is 4.39 Å². The van der Waals surface area contributed by atoms with Gasteiger partial charge in [-0.25, -0.2) is 4.39 Å². The summed E-state index contributed by atoms with van der Waals surface area (Å²) in [6.45, 7) is 13.3. The Balaban J connectivity index is 2.41. The Labute approximate surface area is 348 Å². The van der Waals surface area contributed by atoms with Gasteiger partial charge in [-0.05, 0) is 116 Å². The van der Waals surface area contributed by atoms with Crippen LogP contribution in [0.1, 0.15) is 215 Å². The zero-order chi connectivity index (χ0) is 42.6. The first-order valence-electron chi connectivity index (χ1n) is 23.5. The lowest BCUT2D eigenvalue weighted by atomic mass is 9.56. The number of ether oxygens (including phenoxy) is 2. The van der Waals surface area contributed by atoms with E-state index in [1.807, 2.05) is 0 Å². The van der Waals surface area contributed by atoms with Crippen molar-refractivity contribution in [2.75, 3.05) is 32.8 Å². The highest BCUT2D eigenvalue weighted by atomic mass is 19.1. The molecular formula is C47H88FNO8. The molecule has 6 atom stereocenters. The summed E-state index contributed by atoms with van der Waals surface area (Å²) in [5.41, 5.74) is -4.70. The Bertz CT molecular complexity index is 1060. The van der Waals surface area contributed by atoms with E-state index < -0.39 is 47.1 Å². The van der Waals surface area contributed by atoms with Crippen LogP contribution in [0.25, 0.3) is 0 Å². The van der Waals surface area contributed by atoms with E-state index in [0.29, 0.717) is 12.8 Å². The lowest BCUT2D eigenvalue weighted by Crippen LogP contribution is -2.61. The number of halogens is 1. The SMILES string of the molecule is CCCCCCCCCC(CCCCCCC)OC(=O)CCCCN(CCCCO)CCCCCCC(=O)OCC(=O)C(C)(O)C1(C)CC(C)C(F)(CC)C(O)C1. The highest BCUT2D eigenvalue weighted by Gasteiger charge is 2.58. The first-order chi connectivity index (χ1) is 27.2. The van der Waals surface area contributed by atoms with Crippen LogP contribution >= 0.6 is 0 Å². The molecule has 0 spiro atoms. The molecule has 1 fully saturated rings. The number of nitrogens with zero attached hydrogens (tertiary/aromatic N) is 1. The van der Waals surface area contributed by atoms with Gasteiger partial charge in [-0.3, -0.25) is 14.4 Å². The number of unbranched alkanes of at least 4 members (excludes halogenated alkanes) is 15. The molecule has 9 nitrogen and oxygen atoms in total. The van der Waals surface area contributed by atoms with Gasteiger partial charge >= 0.3 is 11.9 Å². The number of rotatable bonds is 36. The van der Waals surface area contributed by atoms with E-state index in [1.165, 1.54) is 71.1 Å². The topological polar surface area (TPSA) is 134 Å². The molecule has 0 aliphatic heterocycles. The van der Waals surface area contributed by atoms with Gasteiger partial charge in [-0.2, -0.15) is 0 Å². The first-order valence-corrected chi connectivity index (χ1v) is 23.5. The molecule has 0 amide bonds. The summed E-state index contributed by atoms with van der Waals surface area (Å²) in [7, 11) is 0. The predicted molar refractivity (Wildman–Crippen MR) is 229 cm³/mol. The summed E-state index contributed by atoms with van der Waals surface area (Å²) in [5.74, 6) is -1.74. The lowest BCUT2D eigenvalue weighted by molar-refractivity contribution is -0.184. The van der Waals surface area contributed by atoms with Crippen molar-refractivity contribution in [2.24, 2.45) is 11.3 Å². The van der Waals surface area contributed by atoms with Crippen LogP contribution < -0.4 is 0 Å². The van der Waals surface area contributed by atoms with Crippen LogP contribution in [0.5, 0.6) is 0 Å². The van der Waals surface area contributed by atoms with E-state index in [0.717, 1.165) is 90.3 Å². The largest absolute Gasteiger partial charge is 0.462 e. The van der Waals surface area contributed by atoms with Crippen molar-refractivity contribution in [3.63, 3.8) is 0 Å². The maximum Gasteiger partial charge on any atom is 0.306 e. The molecule has 0 heterocycles. The monoisotopic (exact) mass is 814 g/mol. The van der Waals surface area contributed by atoms with E-state index in [4.69, 9.17) is 9.47 Å². The van der Waals surface area contributed by atoms with Crippen molar-refractivity contribution < 1.29 is 43.6 Å². The van der Waals surface area contributed by atoms with Crippen molar-refractivity contribution in [2.45, 2.75) is 238 Å². The van der Waals surface area contributed by atoms with Crippen LogP contribution in [0.2, 0.25) is 0 Å². The minimum absolute atomic E-state index is 0.0432. The molecule has 0 bridgehead atoms. The summed E-state index contributed by atoms with van der Waals surface area (Å²) in [5, 5.41) is 31.2. The normalized spacial score (nSPS) is 22.6. The van der Waals surface area contributed by atoms with Gasteiger partial charge in [0.2, 0.25) is 5.78 Å². The fourth-order valence-corrected chi connectivity index (χ4v) is 8.69. The number of esters is 2. The Morgan fingerprint density at radius 1 is 0.737 bits per heavy atom. The minimum Gasteiger partial charge on any atom is -0.462 e. The van der Waals surface area contributed by atoms with E-state index in [-0.39, 0.29) is 44.4 Å². The van der Waals surface area contributed by atoms with Gasteiger partial charge in [-0.15, -0.1) is 0 Å². The third kappa shape index (κ3) is 21.0. The van der Waals surface area contributed by atoms with Gasteiger partial charge in [0, 0.05) is 24.9 Å². The number of hydrogen-bond donors (Lipinski definition) is 3. The molecule has 336 valence electrons. The Hall–Kier alpha value is -1.62. The zero-order valence-electron chi connectivity index (χ0n) is 37.6. The zero-order valence-corrected chi connectivity index (χ0v) is 37.6. The quantitative estimate of drug-likeness (QED) is 0.0418.